The van der Waals surface area contributed by atoms with Crippen LogP contribution >= 0.6 is 11.3 Å². The minimum absolute atomic E-state index is 0.0219. The van der Waals surface area contributed by atoms with Gasteiger partial charge >= 0.3 is 0 Å². The zero-order chi connectivity index (χ0) is 22.0. The third-order valence-electron chi connectivity index (χ3n) is 3.20. The van der Waals surface area contributed by atoms with Crippen LogP contribution in [-0.2, 0) is 0 Å². The van der Waals surface area contributed by atoms with E-state index in [1.807, 2.05) is 6.07 Å². The van der Waals surface area contributed by atoms with Crippen molar-refractivity contribution in [2.75, 3.05) is 0 Å². The molecular weight excluding hydrogens is 276 g/mol. The molecule has 0 unspecified atom stereocenters. The van der Waals surface area contributed by atoms with Crippen molar-refractivity contribution in [1.82, 2.24) is 9.97 Å². The van der Waals surface area contributed by atoms with Crippen molar-refractivity contribution in [1.29, 1.82) is 0 Å². The van der Waals surface area contributed by atoms with Crippen LogP contribution in [0.2, 0.25) is 0 Å². The molecule has 4 aromatic rings. The first-order valence-electron chi connectivity index (χ1n) is 10.7. The number of hydrogen-bond acceptors (Lipinski definition) is 3. The highest BCUT2D eigenvalue weighted by molar-refractivity contribution is 7.26. The summed E-state index contributed by atoms with van der Waals surface area (Å²) in [6.45, 7) is -5.05. The van der Waals surface area contributed by atoms with Gasteiger partial charge in [0.1, 0.15) is 4.83 Å². The summed E-state index contributed by atoms with van der Waals surface area (Å²) in [6.07, 6.45) is -0.563. The quantitative estimate of drug-likeness (QED) is 0.487. The van der Waals surface area contributed by atoms with Crippen molar-refractivity contribution in [2.24, 2.45) is 0 Å². The van der Waals surface area contributed by atoms with Gasteiger partial charge in [-0.25, -0.2) is 4.98 Å². The van der Waals surface area contributed by atoms with Gasteiger partial charge in [0, 0.05) is 41.1 Å². The van der Waals surface area contributed by atoms with Crippen molar-refractivity contribution < 1.29 is 12.3 Å². The predicted molar refractivity (Wildman–Crippen MR) is 89.8 cm³/mol. The molecule has 21 heavy (non-hydrogen) atoms. The number of pyridine rings is 2. The molecule has 0 aliphatic carbocycles. The van der Waals surface area contributed by atoms with Crippen LogP contribution in [0.4, 0.5) is 0 Å². The predicted octanol–water partition coefficient (Wildman–Crippen LogP) is 5.13. The topological polar surface area (TPSA) is 25.8 Å². The zero-order valence-electron chi connectivity index (χ0n) is 19.7. The minimum Gasteiger partial charge on any atom is -0.256 e. The average Bonchev–Trinajstić information content (AvgIpc) is 3.01. The van der Waals surface area contributed by atoms with E-state index in [4.69, 9.17) is 12.3 Å². The Labute approximate surface area is 139 Å². The highest BCUT2D eigenvalue weighted by atomic mass is 32.1. The molecule has 0 fully saturated rings. The zero-order valence-corrected chi connectivity index (χ0v) is 11.5. The number of nitrogens with zero attached hydrogens (tertiary/aromatic N) is 2. The Morgan fingerprint density at radius 3 is 3.00 bits per heavy atom. The van der Waals surface area contributed by atoms with Crippen molar-refractivity contribution in [3.63, 3.8) is 0 Å². The fourth-order valence-corrected chi connectivity index (χ4v) is 3.47. The Kier molecular flexibility index (Phi) is 1.38. The molecule has 3 heteroatoms. The third-order valence-corrected chi connectivity index (χ3v) is 4.35. The van der Waals surface area contributed by atoms with Crippen molar-refractivity contribution in [2.45, 2.75) is 13.7 Å². The van der Waals surface area contributed by atoms with Crippen LogP contribution < -0.4 is 0 Å². The second kappa shape index (κ2) is 4.64. The van der Waals surface area contributed by atoms with Crippen LogP contribution in [0, 0.1) is 13.7 Å². The van der Waals surface area contributed by atoms with E-state index in [9.17, 15) is 0 Å². The molecule has 0 amide bonds. The molecule has 0 saturated heterocycles. The first-order chi connectivity index (χ1) is 13.9. The van der Waals surface area contributed by atoms with Gasteiger partial charge in [0.25, 0.3) is 0 Å². The first kappa shape index (κ1) is 6.24. The van der Waals surface area contributed by atoms with Crippen molar-refractivity contribution in [3.05, 3.63) is 59.8 Å². The Morgan fingerprint density at radius 1 is 1.10 bits per heavy atom. The molecule has 0 atom stereocenters. The van der Waals surface area contributed by atoms with Gasteiger partial charge in [-0.3, -0.25) is 4.98 Å². The Morgan fingerprint density at radius 2 is 2.10 bits per heavy atom. The Balaban J connectivity index is 2.00. The lowest BCUT2D eigenvalue weighted by Gasteiger charge is -2.02. The molecule has 0 aliphatic heterocycles. The smallest absolute Gasteiger partial charge is 0.124 e. The molecule has 1 aromatic carbocycles. The van der Waals surface area contributed by atoms with Crippen LogP contribution in [-0.4, -0.2) is 9.97 Å². The molecule has 0 aliphatic rings. The molecule has 3 heterocycles. The summed E-state index contributed by atoms with van der Waals surface area (Å²) in [6, 6.07) is 7.45. The number of hydrogen-bond donors (Lipinski definition) is 0. The molecule has 102 valence electrons. The number of aromatic nitrogens is 2. The highest BCUT2D eigenvalue weighted by Gasteiger charge is 2.11. The van der Waals surface area contributed by atoms with Gasteiger partial charge in [0.05, 0.1) is 9.81 Å². The van der Waals surface area contributed by atoms with Gasteiger partial charge in [0.15, 0.2) is 0 Å². The Hall–Kier alpha value is -2.26. The summed E-state index contributed by atoms with van der Waals surface area (Å²) in [5.41, 5.74) is -0.0729. The highest BCUT2D eigenvalue weighted by Crippen LogP contribution is 2.38. The number of rotatable bonds is 1. The fraction of sp³-hybridized carbons (Fsp3) is 0.111. The maximum Gasteiger partial charge on any atom is 0.124 e. The van der Waals surface area contributed by atoms with Crippen LogP contribution in [0.5, 0.6) is 0 Å². The molecule has 2 nitrogen and oxygen atoms in total. The van der Waals surface area contributed by atoms with Gasteiger partial charge in [-0.05, 0) is 37.4 Å². The van der Waals surface area contributed by atoms with E-state index in [1.54, 1.807) is 18.2 Å². The monoisotopic (exact) mass is 299 g/mol. The first-order valence-corrected chi connectivity index (χ1v) is 7.02. The molecular formula is C18H14N2S. The molecule has 3 aromatic heterocycles. The molecule has 0 radical (unpaired) electrons. The number of thiophene rings is 1. The second-order valence-corrected chi connectivity index (χ2v) is 5.53. The standard InChI is InChI=1S/C18H14N2S/c1-11-6-9-16(19-10-11)15-5-3-4-13-14-8-7-12(2)20-18(14)21-17(13)15/h3-10H,1-2H3/i1D3,2D3,6D,9D,10D. The summed E-state index contributed by atoms with van der Waals surface area (Å²) in [4.78, 5) is 8.81. The molecule has 0 bridgehead atoms. The molecule has 0 spiro atoms. The molecule has 4 rings (SSSR count). The minimum atomic E-state index is -2.71. The lowest BCUT2D eigenvalue weighted by Crippen LogP contribution is -1.84. The maximum atomic E-state index is 8.31. The van der Waals surface area contributed by atoms with Gasteiger partial charge < -0.3 is 0 Å². The van der Waals surface area contributed by atoms with E-state index >= 15 is 0 Å². The largest absolute Gasteiger partial charge is 0.256 e. The van der Waals surface area contributed by atoms with Crippen LogP contribution in [0.1, 0.15) is 23.6 Å². The van der Waals surface area contributed by atoms with Gasteiger partial charge in [-0.2, -0.15) is 0 Å². The maximum absolute atomic E-state index is 8.31. The lowest BCUT2D eigenvalue weighted by molar-refractivity contribution is 1.27. The lowest BCUT2D eigenvalue weighted by atomic mass is 10.1. The number of aryl methyl sites for hydroxylation is 1. The number of fused-ring (bicyclic) bond motifs is 3. The van der Waals surface area contributed by atoms with E-state index in [0.29, 0.717) is 15.1 Å². The Bertz CT molecular complexity index is 1310. The second-order valence-electron chi connectivity index (χ2n) is 4.53. The van der Waals surface area contributed by atoms with Gasteiger partial charge in [-0.1, -0.05) is 24.2 Å². The third kappa shape index (κ3) is 2.01. The van der Waals surface area contributed by atoms with Gasteiger partial charge in [-0.15, -0.1) is 11.3 Å². The average molecular weight is 299 g/mol. The number of benzene rings is 1. The summed E-state index contributed by atoms with van der Waals surface area (Å²) in [5, 5.41) is 1.52. The summed E-state index contributed by atoms with van der Waals surface area (Å²) >= 11 is 1.23. The van der Waals surface area contributed by atoms with Gasteiger partial charge in [0.2, 0.25) is 0 Å². The van der Waals surface area contributed by atoms with Crippen molar-refractivity contribution >= 4 is 31.6 Å². The van der Waals surface area contributed by atoms with Crippen LogP contribution in [0.3, 0.4) is 0 Å². The van der Waals surface area contributed by atoms with Crippen molar-refractivity contribution in [3.8, 4) is 11.3 Å². The van der Waals surface area contributed by atoms with E-state index < -0.39 is 31.5 Å². The summed E-state index contributed by atoms with van der Waals surface area (Å²) in [5.74, 6) is 0. The van der Waals surface area contributed by atoms with Crippen LogP contribution in [0.25, 0.3) is 31.6 Å². The van der Waals surface area contributed by atoms with E-state index in [2.05, 4.69) is 9.97 Å². The SMILES string of the molecule is [2H]c1nc(-c2cccc3c2sc2nc(C([2H])([2H])[2H])ccc23)c([2H])c([2H])c1C([2H])([2H])[2H]. The van der Waals surface area contributed by atoms with Crippen LogP contribution in [0.15, 0.2) is 48.6 Å². The van der Waals surface area contributed by atoms with E-state index in [0.717, 1.165) is 10.8 Å². The summed E-state index contributed by atoms with van der Waals surface area (Å²) in [7, 11) is 0. The normalized spacial score (nSPS) is 18.8. The van der Waals surface area contributed by atoms with E-state index in [-0.39, 0.29) is 17.4 Å². The fourth-order valence-electron chi connectivity index (χ4n) is 2.28. The van der Waals surface area contributed by atoms with E-state index in [1.165, 1.54) is 17.4 Å². The molecule has 0 N–H and O–H groups in total. The molecule has 0 saturated carbocycles. The summed E-state index contributed by atoms with van der Waals surface area (Å²) < 4.78 is 70.3.